The number of rotatable bonds is 8. The molecule has 1 aliphatic heterocycles. The van der Waals surface area contributed by atoms with E-state index in [2.05, 4.69) is 22.0 Å². The molecule has 3 aromatic rings. The van der Waals surface area contributed by atoms with Gasteiger partial charge in [-0.2, -0.15) is 0 Å². The molecule has 0 saturated carbocycles. The Morgan fingerprint density at radius 3 is 2.16 bits per heavy atom. The van der Waals surface area contributed by atoms with Crippen molar-refractivity contribution in [2.45, 2.75) is 33.2 Å². The predicted octanol–water partition coefficient (Wildman–Crippen LogP) is 5.68. The molecule has 3 amide bonds. The van der Waals surface area contributed by atoms with Crippen LogP contribution in [0.25, 0.3) is 5.57 Å². The molecule has 192 valence electrons. The molecule has 0 atom stereocenters. The number of amides is 3. The normalized spacial score (nSPS) is 13.1. The lowest BCUT2D eigenvalue weighted by atomic mass is 9.88. The third-order valence-corrected chi connectivity index (χ3v) is 6.74. The Bertz CT molecular complexity index is 1220. The maximum absolute atomic E-state index is 12.8. The molecule has 1 saturated heterocycles. The number of hydrogen-bond acceptors (Lipinski definition) is 3. The predicted molar refractivity (Wildman–Crippen MR) is 151 cm³/mol. The van der Waals surface area contributed by atoms with Crippen LogP contribution in [0.1, 0.15) is 53.7 Å². The van der Waals surface area contributed by atoms with Crippen LogP contribution in [0.15, 0.2) is 84.4 Å². The number of urea groups is 1. The van der Waals surface area contributed by atoms with Crippen molar-refractivity contribution in [1.29, 1.82) is 0 Å². The van der Waals surface area contributed by atoms with Crippen molar-refractivity contribution in [2.75, 3.05) is 31.5 Å². The van der Waals surface area contributed by atoms with Crippen molar-refractivity contribution < 1.29 is 9.59 Å². The Kier molecular flexibility index (Phi) is 9.11. The number of carbonyl (C=O) groups excluding carboxylic acids is 2. The van der Waals surface area contributed by atoms with E-state index in [9.17, 15) is 9.59 Å². The highest BCUT2D eigenvalue weighted by Gasteiger charge is 2.17. The van der Waals surface area contributed by atoms with E-state index in [-0.39, 0.29) is 11.9 Å². The molecule has 0 radical (unpaired) electrons. The van der Waals surface area contributed by atoms with E-state index in [1.165, 1.54) is 11.1 Å². The Hall–Kier alpha value is -3.90. The number of nitrogens with one attached hydrogen (secondary N) is 3. The second-order valence-corrected chi connectivity index (χ2v) is 9.16. The summed E-state index contributed by atoms with van der Waals surface area (Å²) in [5.41, 5.74) is 7.19. The highest BCUT2D eigenvalue weighted by molar-refractivity contribution is 5.95. The van der Waals surface area contributed by atoms with Crippen molar-refractivity contribution in [3.63, 3.8) is 0 Å². The fourth-order valence-corrected chi connectivity index (χ4v) is 4.73. The van der Waals surface area contributed by atoms with E-state index >= 15 is 0 Å². The van der Waals surface area contributed by atoms with Crippen LogP contribution in [0.2, 0.25) is 0 Å². The third-order valence-electron chi connectivity index (χ3n) is 6.74. The first-order valence-corrected chi connectivity index (χ1v) is 13.1. The number of carbonyl (C=O) groups is 2. The topological polar surface area (TPSA) is 73.5 Å². The zero-order valence-electron chi connectivity index (χ0n) is 21.7. The van der Waals surface area contributed by atoms with Crippen molar-refractivity contribution in [1.82, 2.24) is 15.5 Å². The summed E-state index contributed by atoms with van der Waals surface area (Å²) in [5.74, 6) is 0.0559. The SMILES string of the molecule is CCN(CC)C(=O)c1ccc(C(=C2CCNCC2)c2cccc(NC(=O)NCc3ccccc3)c2)cc1. The lowest BCUT2D eigenvalue weighted by molar-refractivity contribution is 0.0773. The van der Waals surface area contributed by atoms with Gasteiger partial charge >= 0.3 is 6.03 Å². The molecule has 1 aliphatic rings. The summed E-state index contributed by atoms with van der Waals surface area (Å²) in [5, 5.41) is 9.33. The summed E-state index contributed by atoms with van der Waals surface area (Å²) in [4.78, 5) is 27.2. The molecular weight excluding hydrogens is 460 g/mol. The number of piperidine rings is 1. The first-order chi connectivity index (χ1) is 18.1. The molecule has 6 nitrogen and oxygen atoms in total. The minimum Gasteiger partial charge on any atom is -0.339 e. The number of nitrogens with zero attached hydrogens (tertiary/aromatic N) is 1. The van der Waals surface area contributed by atoms with Gasteiger partial charge < -0.3 is 20.9 Å². The first-order valence-electron chi connectivity index (χ1n) is 13.1. The highest BCUT2D eigenvalue weighted by Crippen LogP contribution is 2.32. The molecule has 0 spiro atoms. The van der Waals surface area contributed by atoms with E-state index < -0.39 is 0 Å². The van der Waals surface area contributed by atoms with Crippen LogP contribution in [0.4, 0.5) is 10.5 Å². The van der Waals surface area contributed by atoms with Gasteiger partial charge in [-0.05, 0) is 86.3 Å². The van der Waals surface area contributed by atoms with Crippen LogP contribution in [-0.2, 0) is 6.54 Å². The van der Waals surface area contributed by atoms with Crippen LogP contribution >= 0.6 is 0 Å². The Morgan fingerprint density at radius 1 is 0.811 bits per heavy atom. The van der Waals surface area contributed by atoms with E-state index in [1.54, 1.807) is 0 Å². The van der Waals surface area contributed by atoms with Crippen LogP contribution in [0.3, 0.4) is 0 Å². The highest BCUT2D eigenvalue weighted by atomic mass is 16.2. The standard InChI is InChI=1S/C31H36N4O2/c1-3-35(4-2)30(36)26-15-13-24(14-16-26)29(25-17-19-32-20-18-25)27-11-8-12-28(21-27)34-31(37)33-22-23-9-6-5-7-10-23/h5-16,21,32H,3-4,17-20,22H2,1-2H3,(H2,33,34,37). The minimum atomic E-state index is -0.239. The van der Waals surface area contributed by atoms with Gasteiger partial charge in [-0.15, -0.1) is 0 Å². The van der Waals surface area contributed by atoms with E-state index in [4.69, 9.17) is 0 Å². The van der Waals surface area contributed by atoms with Crippen molar-refractivity contribution in [3.05, 3.63) is 107 Å². The monoisotopic (exact) mass is 496 g/mol. The van der Waals surface area contributed by atoms with Gasteiger partial charge in [0.25, 0.3) is 5.91 Å². The van der Waals surface area contributed by atoms with Gasteiger partial charge in [0.1, 0.15) is 0 Å². The van der Waals surface area contributed by atoms with Gasteiger partial charge in [0.2, 0.25) is 0 Å². The molecule has 0 aliphatic carbocycles. The van der Waals surface area contributed by atoms with Crippen LogP contribution in [0, 0.1) is 0 Å². The molecule has 3 N–H and O–H groups in total. The average molecular weight is 497 g/mol. The number of anilines is 1. The van der Waals surface area contributed by atoms with Crippen molar-refractivity contribution in [2.24, 2.45) is 0 Å². The van der Waals surface area contributed by atoms with Gasteiger partial charge in [0.15, 0.2) is 0 Å². The zero-order chi connectivity index (χ0) is 26.0. The maximum Gasteiger partial charge on any atom is 0.319 e. The zero-order valence-corrected chi connectivity index (χ0v) is 21.7. The molecule has 0 aromatic heterocycles. The second-order valence-electron chi connectivity index (χ2n) is 9.16. The molecule has 6 heteroatoms. The quantitative estimate of drug-likeness (QED) is 0.376. The summed E-state index contributed by atoms with van der Waals surface area (Å²) in [6, 6.07) is 25.6. The fourth-order valence-electron chi connectivity index (χ4n) is 4.73. The molecule has 0 unspecified atom stereocenters. The molecule has 1 heterocycles. The summed E-state index contributed by atoms with van der Waals surface area (Å²) < 4.78 is 0. The molecule has 1 fully saturated rings. The lowest BCUT2D eigenvalue weighted by Crippen LogP contribution is -2.30. The van der Waals surface area contributed by atoms with E-state index in [1.807, 2.05) is 91.5 Å². The molecule has 0 bridgehead atoms. The largest absolute Gasteiger partial charge is 0.339 e. The second kappa shape index (κ2) is 12.9. The Morgan fingerprint density at radius 2 is 1.49 bits per heavy atom. The van der Waals surface area contributed by atoms with Gasteiger partial charge in [-0.25, -0.2) is 4.79 Å². The third kappa shape index (κ3) is 6.86. The summed E-state index contributed by atoms with van der Waals surface area (Å²) in [6.07, 6.45) is 1.93. The van der Waals surface area contributed by atoms with Crippen molar-refractivity contribution >= 4 is 23.2 Å². The van der Waals surface area contributed by atoms with Gasteiger partial charge in [0, 0.05) is 30.9 Å². The molecule has 4 rings (SSSR count). The van der Waals surface area contributed by atoms with Gasteiger partial charge in [-0.3, -0.25) is 4.79 Å². The molecule has 37 heavy (non-hydrogen) atoms. The molecular formula is C31H36N4O2. The molecule has 3 aromatic carbocycles. The summed E-state index contributed by atoms with van der Waals surface area (Å²) >= 11 is 0. The van der Waals surface area contributed by atoms with Crippen LogP contribution in [0.5, 0.6) is 0 Å². The van der Waals surface area contributed by atoms with Gasteiger partial charge in [0.05, 0.1) is 0 Å². The van der Waals surface area contributed by atoms with Crippen LogP contribution in [-0.4, -0.2) is 43.0 Å². The number of benzene rings is 3. The Labute approximate surface area is 219 Å². The summed E-state index contributed by atoms with van der Waals surface area (Å²) in [6.45, 7) is 7.73. The lowest BCUT2D eigenvalue weighted by Gasteiger charge is -2.22. The summed E-state index contributed by atoms with van der Waals surface area (Å²) in [7, 11) is 0. The fraction of sp³-hybridized carbons (Fsp3) is 0.290. The Balaban J connectivity index is 1.57. The van der Waals surface area contributed by atoms with E-state index in [0.29, 0.717) is 25.2 Å². The van der Waals surface area contributed by atoms with Crippen molar-refractivity contribution in [3.8, 4) is 0 Å². The van der Waals surface area contributed by atoms with E-state index in [0.717, 1.165) is 48.3 Å². The minimum absolute atomic E-state index is 0.0559. The number of hydrogen-bond donors (Lipinski definition) is 3. The maximum atomic E-state index is 12.8. The average Bonchev–Trinajstić information content (AvgIpc) is 2.94. The van der Waals surface area contributed by atoms with Crippen LogP contribution < -0.4 is 16.0 Å². The first kappa shape index (κ1) is 26.2. The smallest absolute Gasteiger partial charge is 0.319 e. The van der Waals surface area contributed by atoms with Gasteiger partial charge in [-0.1, -0.05) is 60.2 Å².